The van der Waals surface area contributed by atoms with Crippen LogP contribution in [0.4, 0.5) is 0 Å². The molecule has 0 radical (unpaired) electrons. The molecule has 0 bridgehead atoms. The van der Waals surface area contributed by atoms with Crippen molar-refractivity contribution >= 4 is 16.0 Å². The summed E-state index contributed by atoms with van der Waals surface area (Å²) < 4.78 is 32.7. The molecule has 1 fully saturated rings. The highest BCUT2D eigenvalue weighted by molar-refractivity contribution is 7.89. The summed E-state index contributed by atoms with van der Waals surface area (Å²) in [6, 6.07) is 18.0. The van der Waals surface area contributed by atoms with Crippen molar-refractivity contribution in [3.8, 4) is 6.07 Å². The highest BCUT2D eigenvalue weighted by atomic mass is 32.2. The zero-order chi connectivity index (χ0) is 21.4. The number of esters is 1. The van der Waals surface area contributed by atoms with Crippen LogP contribution >= 0.6 is 0 Å². The molecule has 0 N–H and O–H groups in total. The minimum atomic E-state index is -3.69. The van der Waals surface area contributed by atoms with E-state index in [1.807, 2.05) is 24.3 Å². The summed E-state index contributed by atoms with van der Waals surface area (Å²) in [4.78, 5) is 14.5. The number of nitrogens with zero attached hydrogens (tertiary/aromatic N) is 3. The maximum atomic E-state index is 13.0. The summed E-state index contributed by atoms with van der Waals surface area (Å²) >= 11 is 0. The molecule has 0 saturated carbocycles. The van der Waals surface area contributed by atoms with E-state index in [0.717, 1.165) is 6.54 Å². The first kappa shape index (κ1) is 22.0. The fourth-order valence-electron chi connectivity index (χ4n) is 3.30. The maximum Gasteiger partial charge on any atom is 0.338 e. The summed E-state index contributed by atoms with van der Waals surface area (Å²) in [5.74, 6) is -0.585. The van der Waals surface area contributed by atoms with Gasteiger partial charge in [0.05, 0.1) is 23.1 Å². The Balaban J connectivity index is 1.60. The Morgan fingerprint density at radius 3 is 2.47 bits per heavy atom. The molecule has 1 aliphatic heterocycles. The molecule has 3 rings (SSSR count). The van der Waals surface area contributed by atoms with Gasteiger partial charge >= 0.3 is 5.97 Å². The van der Waals surface area contributed by atoms with Crippen LogP contribution in [0, 0.1) is 11.3 Å². The van der Waals surface area contributed by atoms with Gasteiger partial charge in [0.2, 0.25) is 10.0 Å². The van der Waals surface area contributed by atoms with E-state index in [1.165, 1.54) is 28.1 Å². The quantitative estimate of drug-likeness (QED) is 0.475. The molecule has 0 aliphatic carbocycles. The number of carbonyl (C=O) groups excluding carboxylic acids is 1. The molecular formula is C22H25N3O4S. The molecule has 158 valence electrons. The Hall–Kier alpha value is -2.73. The number of piperazine rings is 1. The van der Waals surface area contributed by atoms with Gasteiger partial charge in [-0.3, -0.25) is 4.90 Å². The molecule has 0 atom stereocenters. The highest BCUT2D eigenvalue weighted by Crippen LogP contribution is 2.20. The van der Waals surface area contributed by atoms with Crippen LogP contribution in [0.1, 0.15) is 28.8 Å². The van der Waals surface area contributed by atoms with E-state index in [2.05, 4.69) is 17.0 Å². The molecule has 0 unspecified atom stereocenters. The first-order valence-electron chi connectivity index (χ1n) is 9.91. The van der Waals surface area contributed by atoms with Crippen LogP contribution in [-0.2, 0) is 21.3 Å². The van der Waals surface area contributed by atoms with E-state index in [9.17, 15) is 13.2 Å². The average molecular weight is 428 g/mol. The van der Waals surface area contributed by atoms with Crippen LogP contribution in [0.15, 0.2) is 59.5 Å². The summed E-state index contributed by atoms with van der Waals surface area (Å²) in [5.41, 5.74) is 1.39. The lowest BCUT2D eigenvalue weighted by atomic mass is 10.2. The van der Waals surface area contributed by atoms with Crippen molar-refractivity contribution in [1.82, 2.24) is 9.21 Å². The molecular weight excluding hydrogens is 402 g/mol. The van der Waals surface area contributed by atoms with Crippen LogP contribution in [0.25, 0.3) is 0 Å². The summed E-state index contributed by atoms with van der Waals surface area (Å²) in [5, 5.41) is 8.52. The van der Waals surface area contributed by atoms with E-state index >= 15 is 0 Å². The van der Waals surface area contributed by atoms with Crippen molar-refractivity contribution in [1.29, 1.82) is 5.26 Å². The minimum absolute atomic E-state index is 0.0884. The lowest BCUT2D eigenvalue weighted by molar-refractivity contribution is 0.0501. The highest BCUT2D eigenvalue weighted by Gasteiger charge is 2.29. The third-order valence-electron chi connectivity index (χ3n) is 4.95. The van der Waals surface area contributed by atoms with Gasteiger partial charge in [0, 0.05) is 39.1 Å². The van der Waals surface area contributed by atoms with Gasteiger partial charge in [0.15, 0.2) is 0 Å². The summed E-state index contributed by atoms with van der Waals surface area (Å²) in [7, 11) is -3.69. The van der Waals surface area contributed by atoms with E-state index in [1.54, 1.807) is 6.07 Å². The number of nitriles is 1. The number of carbonyl (C=O) groups is 1. The molecule has 30 heavy (non-hydrogen) atoms. The molecule has 1 aliphatic rings. The van der Waals surface area contributed by atoms with E-state index < -0.39 is 16.0 Å². The zero-order valence-electron chi connectivity index (χ0n) is 16.7. The Bertz CT molecular complexity index is 995. The standard InChI is InChI=1S/C22H25N3O4S/c23-11-4-5-16-29-22(26)20-9-6-10-21(17-20)30(27,28)25-14-12-24(13-15-25)18-19-7-2-1-3-8-19/h1-3,6-10,17H,4-5,12-16,18H2. The Kier molecular flexibility index (Phi) is 7.57. The van der Waals surface area contributed by atoms with Gasteiger partial charge < -0.3 is 4.74 Å². The normalized spacial score (nSPS) is 15.4. The number of rotatable bonds is 8. The molecule has 0 aromatic heterocycles. The maximum absolute atomic E-state index is 13.0. The van der Waals surface area contributed by atoms with Crippen molar-refractivity contribution < 1.29 is 17.9 Å². The molecule has 2 aromatic carbocycles. The van der Waals surface area contributed by atoms with Crippen LogP contribution in [-0.4, -0.2) is 56.4 Å². The fourth-order valence-corrected chi connectivity index (χ4v) is 4.77. The van der Waals surface area contributed by atoms with Gasteiger partial charge in [-0.2, -0.15) is 9.57 Å². The smallest absolute Gasteiger partial charge is 0.338 e. The lowest BCUT2D eigenvalue weighted by Gasteiger charge is -2.34. The number of unbranched alkanes of at least 4 members (excludes halogenated alkanes) is 1. The second-order valence-corrected chi connectivity index (χ2v) is 9.03. The molecule has 7 nitrogen and oxygen atoms in total. The van der Waals surface area contributed by atoms with Crippen LogP contribution in [0.2, 0.25) is 0 Å². The van der Waals surface area contributed by atoms with Crippen LogP contribution < -0.4 is 0 Å². The SMILES string of the molecule is N#CCCCOC(=O)c1cccc(S(=O)(=O)N2CCN(Cc3ccccc3)CC2)c1. The van der Waals surface area contributed by atoms with E-state index in [4.69, 9.17) is 10.00 Å². The number of ether oxygens (including phenoxy) is 1. The zero-order valence-corrected chi connectivity index (χ0v) is 17.6. The Labute approximate surface area is 177 Å². The molecule has 1 saturated heterocycles. The minimum Gasteiger partial charge on any atom is -0.462 e. The monoisotopic (exact) mass is 427 g/mol. The molecule has 1 heterocycles. The van der Waals surface area contributed by atoms with Crippen molar-refractivity contribution in [2.24, 2.45) is 0 Å². The number of benzene rings is 2. The first-order chi connectivity index (χ1) is 14.5. The van der Waals surface area contributed by atoms with Crippen molar-refractivity contribution in [2.45, 2.75) is 24.3 Å². The second kappa shape index (κ2) is 10.3. The van der Waals surface area contributed by atoms with Gasteiger partial charge in [-0.25, -0.2) is 13.2 Å². The predicted octanol–water partition coefficient (Wildman–Crippen LogP) is 2.65. The Morgan fingerprint density at radius 2 is 1.77 bits per heavy atom. The Morgan fingerprint density at radius 1 is 1.03 bits per heavy atom. The molecule has 8 heteroatoms. The summed E-state index contributed by atoms with van der Waals surface area (Å²) in [6.45, 7) is 3.02. The van der Waals surface area contributed by atoms with Crippen molar-refractivity contribution in [3.05, 3.63) is 65.7 Å². The van der Waals surface area contributed by atoms with Gasteiger partial charge in [0.25, 0.3) is 0 Å². The van der Waals surface area contributed by atoms with Crippen LogP contribution in [0.5, 0.6) is 0 Å². The van der Waals surface area contributed by atoms with Crippen molar-refractivity contribution in [3.63, 3.8) is 0 Å². The van der Waals surface area contributed by atoms with Crippen LogP contribution in [0.3, 0.4) is 0 Å². The third-order valence-corrected chi connectivity index (χ3v) is 6.85. The van der Waals surface area contributed by atoms with Gasteiger partial charge in [-0.05, 0) is 30.2 Å². The fraction of sp³-hybridized carbons (Fsp3) is 0.364. The second-order valence-electron chi connectivity index (χ2n) is 7.09. The van der Waals surface area contributed by atoms with Crippen molar-refractivity contribution in [2.75, 3.05) is 32.8 Å². The summed E-state index contributed by atoms with van der Waals surface area (Å²) in [6.07, 6.45) is 0.755. The van der Waals surface area contributed by atoms with E-state index in [0.29, 0.717) is 39.0 Å². The third kappa shape index (κ3) is 5.66. The number of hydrogen-bond acceptors (Lipinski definition) is 6. The average Bonchev–Trinajstić information content (AvgIpc) is 2.78. The topological polar surface area (TPSA) is 90.7 Å². The largest absolute Gasteiger partial charge is 0.462 e. The molecule has 2 aromatic rings. The van der Waals surface area contributed by atoms with E-state index in [-0.39, 0.29) is 17.1 Å². The number of sulfonamides is 1. The van der Waals surface area contributed by atoms with Gasteiger partial charge in [-0.1, -0.05) is 36.4 Å². The number of hydrogen-bond donors (Lipinski definition) is 0. The molecule has 0 spiro atoms. The van der Waals surface area contributed by atoms with Gasteiger partial charge in [-0.15, -0.1) is 0 Å². The predicted molar refractivity (Wildman–Crippen MR) is 112 cm³/mol. The first-order valence-corrected chi connectivity index (χ1v) is 11.4. The lowest BCUT2D eigenvalue weighted by Crippen LogP contribution is -2.48. The van der Waals surface area contributed by atoms with Gasteiger partial charge in [0.1, 0.15) is 0 Å². The molecule has 0 amide bonds.